The first-order chi connectivity index (χ1) is 32.1. The molecule has 9 rings (SSSR count). The number of para-hydroxylation sites is 1. The molecule has 1 N–H and O–H groups in total. The molecule has 0 saturated heterocycles. The van der Waals surface area contributed by atoms with Crippen molar-refractivity contribution in [3.05, 3.63) is 192 Å². The van der Waals surface area contributed by atoms with E-state index in [1.54, 1.807) is 12.1 Å². The van der Waals surface area contributed by atoms with Crippen molar-refractivity contribution >= 4 is 11.0 Å². The molecule has 65 heavy (non-hydrogen) atoms. The Labute approximate surface area is 389 Å². The van der Waals surface area contributed by atoms with Crippen LogP contribution in [-0.2, 0) is 16.2 Å². The van der Waals surface area contributed by atoms with Crippen LogP contribution in [0.3, 0.4) is 0 Å². The number of hydrogen-bond acceptors (Lipinski definition) is 3. The largest absolute Gasteiger partial charge is 0.507 e. The van der Waals surface area contributed by atoms with Gasteiger partial charge in [0.05, 0.1) is 28.0 Å². The summed E-state index contributed by atoms with van der Waals surface area (Å²) < 4.78 is 25.9. The average molecular weight is 853 g/mol. The fourth-order valence-electron chi connectivity index (χ4n) is 8.87. The average Bonchev–Trinajstić information content (AvgIpc) is 3.70. The Kier molecular flexibility index (Phi) is 10.0. The lowest BCUT2D eigenvalue weighted by Gasteiger charge is -2.28. The van der Waals surface area contributed by atoms with Gasteiger partial charge in [-0.3, -0.25) is 9.55 Å². The van der Waals surface area contributed by atoms with Crippen molar-refractivity contribution in [2.45, 2.75) is 85.4 Å². The highest BCUT2D eigenvalue weighted by atomic mass is 16.3. The lowest BCUT2D eigenvalue weighted by Crippen LogP contribution is -2.18. The maximum atomic E-state index is 12.6. The molecule has 4 nitrogen and oxygen atoms in total. The lowest BCUT2D eigenvalue weighted by molar-refractivity contribution is 0.446. The van der Waals surface area contributed by atoms with Crippen molar-refractivity contribution in [3.63, 3.8) is 0 Å². The highest BCUT2D eigenvalue weighted by Gasteiger charge is 2.30. The van der Waals surface area contributed by atoms with Crippen LogP contribution in [0.1, 0.15) is 88.7 Å². The molecule has 2 heterocycles. The van der Waals surface area contributed by atoms with Gasteiger partial charge in [-0.2, -0.15) is 0 Å². The van der Waals surface area contributed by atoms with Gasteiger partial charge >= 0.3 is 0 Å². The number of aromatic hydroxyl groups is 1. The van der Waals surface area contributed by atoms with Gasteiger partial charge in [0.1, 0.15) is 11.6 Å². The molecule has 0 aliphatic carbocycles. The first kappa shape index (κ1) is 39.5. The SMILES string of the molecule is [2H]C([2H])([2H])c1ccc(-c2ccnc(-c3cc(-c4ccccc4)cc(-c4cccc5c4nc(-c4cc(C(C)(C)C)cc(C(C)(C)C)c4O)n5-c4ccc(-c5ccccc5)cc4C(C)(C)C)c3)c2)cc1. The molecule has 4 heteroatoms. The minimum absolute atomic E-state index is 0.209. The van der Waals surface area contributed by atoms with Gasteiger partial charge < -0.3 is 5.11 Å². The van der Waals surface area contributed by atoms with Gasteiger partial charge in [-0.1, -0.05) is 177 Å². The summed E-state index contributed by atoms with van der Waals surface area (Å²) in [5, 5.41) is 12.6. The zero-order chi connectivity index (χ0) is 48.3. The van der Waals surface area contributed by atoms with Crippen LogP contribution >= 0.6 is 0 Å². The van der Waals surface area contributed by atoms with Crippen molar-refractivity contribution in [1.29, 1.82) is 0 Å². The van der Waals surface area contributed by atoms with Gasteiger partial charge in [-0.15, -0.1) is 0 Å². The Hall–Kier alpha value is -7.04. The highest BCUT2D eigenvalue weighted by molar-refractivity contribution is 5.98. The molecule has 0 aliphatic heterocycles. The van der Waals surface area contributed by atoms with Gasteiger partial charge in [-0.05, 0) is 128 Å². The number of pyridine rings is 1. The van der Waals surface area contributed by atoms with Crippen molar-refractivity contribution in [1.82, 2.24) is 14.5 Å². The third kappa shape index (κ3) is 8.54. The fourth-order valence-corrected chi connectivity index (χ4v) is 8.87. The number of hydrogen-bond donors (Lipinski definition) is 1. The van der Waals surface area contributed by atoms with E-state index in [-0.39, 0.29) is 22.0 Å². The van der Waals surface area contributed by atoms with Crippen LogP contribution in [0.5, 0.6) is 5.75 Å². The molecule has 7 aromatic carbocycles. The number of benzene rings is 7. The molecule has 9 aromatic rings. The first-order valence-electron chi connectivity index (χ1n) is 24.0. The Bertz CT molecular complexity index is 3310. The number of imidazole rings is 1. The molecular formula is C61H59N3O. The summed E-state index contributed by atoms with van der Waals surface area (Å²) in [6.45, 7) is 17.7. The van der Waals surface area contributed by atoms with Gasteiger partial charge in [-0.25, -0.2) is 4.98 Å². The van der Waals surface area contributed by atoms with E-state index < -0.39 is 6.85 Å². The van der Waals surface area contributed by atoms with Crippen LogP contribution < -0.4 is 0 Å². The zero-order valence-electron chi connectivity index (χ0n) is 42.0. The number of rotatable bonds is 7. The minimum Gasteiger partial charge on any atom is -0.507 e. The van der Waals surface area contributed by atoms with Gasteiger partial charge in [0, 0.05) is 27.0 Å². The molecule has 0 radical (unpaired) electrons. The van der Waals surface area contributed by atoms with E-state index >= 15 is 0 Å². The van der Waals surface area contributed by atoms with E-state index in [0.717, 1.165) is 89.2 Å². The quantitative estimate of drug-likeness (QED) is 0.174. The molecule has 0 bridgehead atoms. The third-order valence-electron chi connectivity index (χ3n) is 12.5. The Balaban J connectivity index is 1.32. The topological polar surface area (TPSA) is 50.9 Å². The van der Waals surface area contributed by atoms with Crippen molar-refractivity contribution in [2.24, 2.45) is 0 Å². The molecule has 2 aromatic heterocycles. The summed E-state index contributed by atoms with van der Waals surface area (Å²) in [5.41, 5.74) is 15.9. The number of fused-ring (bicyclic) bond motifs is 1. The van der Waals surface area contributed by atoms with E-state index in [0.29, 0.717) is 17.0 Å². The predicted molar refractivity (Wildman–Crippen MR) is 274 cm³/mol. The normalized spacial score (nSPS) is 13.1. The van der Waals surface area contributed by atoms with Gasteiger partial charge in [0.15, 0.2) is 0 Å². The molecule has 0 unspecified atom stereocenters. The fraction of sp³-hybridized carbons (Fsp3) is 0.213. The van der Waals surface area contributed by atoms with E-state index in [1.807, 2.05) is 36.5 Å². The maximum absolute atomic E-state index is 12.6. The van der Waals surface area contributed by atoms with Gasteiger partial charge in [0.25, 0.3) is 0 Å². The zero-order valence-corrected chi connectivity index (χ0v) is 39.0. The second kappa shape index (κ2) is 16.5. The summed E-state index contributed by atoms with van der Waals surface area (Å²) in [7, 11) is 0. The van der Waals surface area contributed by atoms with Crippen LogP contribution in [-0.4, -0.2) is 19.6 Å². The van der Waals surface area contributed by atoms with Crippen molar-refractivity contribution in [2.75, 3.05) is 0 Å². The lowest BCUT2D eigenvalue weighted by atomic mass is 9.78. The Morgan fingerprint density at radius 3 is 1.72 bits per heavy atom. The molecule has 0 atom stereocenters. The van der Waals surface area contributed by atoms with E-state index in [9.17, 15) is 5.11 Å². The molecule has 0 aliphatic rings. The standard InChI is InChI=1S/C61H59N3O/c1-39-24-26-42(27-25-39)44-30-31-62-53(36-44)47-33-45(41-20-15-12-16-21-41)32-46(34-47)49-22-17-23-55-56(49)63-58(50-37-48(59(2,3)4)38-52(57(50)65)61(8,9)10)64(55)54-29-28-43(35-51(54)60(5,6)7)40-18-13-11-14-19-40/h11-38,65H,1-10H3/i1D3. The summed E-state index contributed by atoms with van der Waals surface area (Å²) in [4.78, 5) is 10.6. The monoisotopic (exact) mass is 852 g/mol. The highest BCUT2D eigenvalue weighted by Crippen LogP contribution is 2.46. The number of phenolic OH excluding ortho intramolecular Hbond substituents is 1. The second-order valence-electron chi connectivity index (χ2n) is 20.4. The van der Waals surface area contributed by atoms with E-state index in [1.165, 1.54) is 0 Å². The molecular weight excluding hydrogens is 791 g/mol. The molecule has 0 spiro atoms. The number of phenols is 1. The predicted octanol–water partition coefficient (Wildman–Crippen LogP) is 16.3. The Morgan fingerprint density at radius 2 is 1.08 bits per heavy atom. The molecule has 0 saturated carbocycles. The van der Waals surface area contributed by atoms with E-state index in [4.69, 9.17) is 14.1 Å². The maximum Gasteiger partial charge on any atom is 0.149 e. The first-order valence-corrected chi connectivity index (χ1v) is 22.5. The van der Waals surface area contributed by atoms with Crippen molar-refractivity contribution < 1.29 is 9.22 Å². The van der Waals surface area contributed by atoms with Crippen LogP contribution in [0, 0.1) is 6.85 Å². The van der Waals surface area contributed by atoms with Gasteiger partial charge in [0.2, 0.25) is 0 Å². The van der Waals surface area contributed by atoms with Crippen LogP contribution in [0.15, 0.2) is 170 Å². The van der Waals surface area contributed by atoms with Crippen LogP contribution in [0.25, 0.3) is 83.9 Å². The Morgan fingerprint density at radius 1 is 0.477 bits per heavy atom. The summed E-state index contributed by atoms with van der Waals surface area (Å²) in [5.74, 6) is 0.895. The smallest absolute Gasteiger partial charge is 0.149 e. The number of aryl methyl sites for hydroxylation is 1. The van der Waals surface area contributed by atoms with E-state index in [2.05, 4.69) is 188 Å². The van der Waals surface area contributed by atoms with Crippen molar-refractivity contribution in [3.8, 4) is 78.6 Å². The molecule has 324 valence electrons. The molecule has 0 fully saturated rings. The van der Waals surface area contributed by atoms with Crippen LogP contribution in [0.4, 0.5) is 0 Å². The number of aromatic nitrogens is 3. The third-order valence-corrected chi connectivity index (χ3v) is 12.5. The minimum atomic E-state index is -2.18. The second-order valence-corrected chi connectivity index (χ2v) is 20.4. The van der Waals surface area contributed by atoms with Crippen LogP contribution in [0.2, 0.25) is 0 Å². The summed E-state index contributed by atoms with van der Waals surface area (Å²) in [6.07, 6.45) is 1.81. The number of nitrogens with zero attached hydrogens (tertiary/aromatic N) is 3. The summed E-state index contributed by atoms with van der Waals surface area (Å²) >= 11 is 0. The molecule has 0 amide bonds. The summed E-state index contributed by atoms with van der Waals surface area (Å²) in [6, 6.07) is 56.0.